The van der Waals surface area contributed by atoms with E-state index in [1.54, 1.807) is 0 Å². The zero-order valence-corrected chi connectivity index (χ0v) is 17.1. The second-order valence-electron chi connectivity index (χ2n) is 6.09. The van der Waals surface area contributed by atoms with E-state index in [2.05, 4.69) is 48.6 Å². The van der Waals surface area contributed by atoms with Crippen LogP contribution >= 0.6 is 0 Å². The molecule has 146 valence electrons. The topological polar surface area (TPSA) is 50.1 Å². The molecule has 0 bridgehead atoms. The summed E-state index contributed by atoms with van der Waals surface area (Å²) in [6.07, 6.45) is 7.95. The summed E-state index contributed by atoms with van der Waals surface area (Å²) in [5, 5.41) is 6.72. The van der Waals surface area contributed by atoms with Crippen molar-refractivity contribution in [1.29, 1.82) is 0 Å². The summed E-state index contributed by atoms with van der Waals surface area (Å²) in [5.41, 5.74) is 10.3. The van der Waals surface area contributed by atoms with Gasteiger partial charge in [-0.15, -0.1) is 0 Å². The Morgan fingerprint density at radius 1 is 1.12 bits per heavy atom. The summed E-state index contributed by atoms with van der Waals surface area (Å²) in [7, 11) is 1.99. The number of nitrogens with two attached hydrogens (primary N) is 1. The molecule has 0 spiro atoms. The maximum Gasteiger partial charge on any atom is 0.0184 e. The van der Waals surface area contributed by atoms with Crippen LogP contribution < -0.4 is 16.4 Å². The van der Waals surface area contributed by atoms with E-state index in [0.717, 1.165) is 62.1 Å². The molecule has 0 aliphatic rings. The highest BCUT2D eigenvalue weighted by atomic mass is 14.9. The van der Waals surface area contributed by atoms with Crippen LogP contribution in [0.25, 0.3) is 12.2 Å². The zero-order chi connectivity index (χ0) is 19.8. The average molecular weight is 358 g/mol. The van der Waals surface area contributed by atoms with Crippen molar-refractivity contribution in [3.8, 4) is 0 Å². The van der Waals surface area contributed by atoms with Crippen LogP contribution in [0.15, 0.2) is 43.6 Å². The van der Waals surface area contributed by atoms with Crippen molar-refractivity contribution in [3.63, 3.8) is 0 Å². The zero-order valence-electron chi connectivity index (χ0n) is 17.1. The second kappa shape index (κ2) is 15.4. The van der Waals surface area contributed by atoms with Gasteiger partial charge in [0.25, 0.3) is 0 Å². The molecule has 0 amide bonds. The highest BCUT2D eigenvalue weighted by molar-refractivity contribution is 5.64. The first-order chi connectivity index (χ1) is 12.7. The van der Waals surface area contributed by atoms with Gasteiger partial charge in [-0.25, -0.2) is 0 Å². The number of nitrogens with one attached hydrogen (secondary N) is 2. The van der Waals surface area contributed by atoms with Gasteiger partial charge in [0.05, 0.1) is 0 Å². The van der Waals surface area contributed by atoms with Crippen LogP contribution in [0, 0.1) is 5.92 Å². The van der Waals surface area contributed by atoms with Crippen LogP contribution in [-0.2, 0) is 6.42 Å². The van der Waals surface area contributed by atoms with E-state index in [9.17, 15) is 0 Å². The molecule has 3 nitrogen and oxygen atoms in total. The quantitative estimate of drug-likeness (QED) is 0.483. The third-order valence-corrected chi connectivity index (χ3v) is 4.35. The largest absolute Gasteiger partial charge is 0.388 e. The molecular formula is C23H39N3. The first-order valence-electron chi connectivity index (χ1n) is 9.81. The van der Waals surface area contributed by atoms with Gasteiger partial charge < -0.3 is 16.4 Å². The molecule has 26 heavy (non-hydrogen) atoms. The molecule has 3 heteroatoms. The Bertz CT molecular complexity index is 526. The SMILES string of the molecule is C=Cc1ccc(CCNC(=C)C(CCCN)CCNC)cc1C=C.CC. The molecule has 0 fully saturated rings. The van der Waals surface area contributed by atoms with Gasteiger partial charge in [0.1, 0.15) is 0 Å². The summed E-state index contributed by atoms with van der Waals surface area (Å²) < 4.78 is 0. The molecule has 0 radical (unpaired) electrons. The normalized spacial score (nSPS) is 11.1. The molecule has 0 saturated carbocycles. The summed E-state index contributed by atoms with van der Waals surface area (Å²) >= 11 is 0. The molecule has 1 unspecified atom stereocenters. The van der Waals surface area contributed by atoms with Crippen molar-refractivity contribution in [2.24, 2.45) is 11.7 Å². The fourth-order valence-corrected chi connectivity index (χ4v) is 2.83. The number of hydrogen-bond donors (Lipinski definition) is 3. The van der Waals surface area contributed by atoms with Crippen molar-refractivity contribution in [2.45, 2.75) is 39.5 Å². The first-order valence-corrected chi connectivity index (χ1v) is 9.81. The first kappa shape index (κ1) is 24.2. The van der Waals surface area contributed by atoms with Crippen LogP contribution in [0.4, 0.5) is 0 Å². The Morgan fingerprint density at radius 2 is 1.81 bits per heavy atom. The maximum absolute atomic E-state index is 5.65. The maximum atomic E-state index is 5.65. The van der Waals surface area contributed by atoms with Crippen LogP contribution in [-0.4, -0.2) is 26.7 Å². The fourth-order valence-electron chi connectivity index (χ4n) is 2.83. The van der Waals surface area contributed by atoms with Gasteiger partial charge in [0.15, 0.2) is 0 Å². The Morgan fingerprint density at radius 3 is 2.38 bits per heavy atom. The van der Waals surface area contributed by atoms with E-state index in [4.69, 9.17) is 5.73 Å². The highest BCUT2D eigenvalue weighted by Gasteiger charge is 2.11. The molecular weight excluding hydrogens is 318 g/mol. The van der Waals surface area contributed by atoms with Crippen molar-refractivity contribution < 1.29 is 0 Å². The molecule has 0 heterocycles. The summed E-state index contributed by atoms with van der Waals surface area (Å²) in [6, 6.07) is 6.44. The van der Waals surface area contributed by atoms with Gasteiger partial charge in [-0.05, 0) is 68.4 Å². The number of hydrogen-bond acceptors (Lipinski definition) is 3. The van der Waals surface area contributed by atoms with Gasteiger partial charge in [-0.1, -0.05) is 63.9 Å². The van der Waals surface area contributed by atoms with Crippen LogP contribution in [0.3, 0.4) is 0 Å². The Hall–Kier alpha value is -1.84. The summed E-state index contributed by atoms with van der Waals surface area (Å²) in [5.74, 6) is 0.480. The predicted octanol–water partition coefficient (Wildman–Crippen LogP) is 4.61. The van der Waals surface area contributed by atoms with Gasteiger partial charge in [0.2, 0.25) is 0 Å². The lowest BCUT2D eigenvalue weighted by Gasteiger charge is -2.21. The monoisotopic (exact) mass is 357 g/mol. The molecule has 0 saturated heterocycles. The molecule has 1 atom stereocenters. The van der Waals surface area contributed by atoms with Crippen LogP contribution in [0.5, 0.6) is 0 Å². The third kappa shape index (κ3) is 9.02. The molecule has 1 aromatic rings. The van der Waals surface area contributed by atoms with Crippen molar-refractivity contribution >= 4 is 12.2 Å². The van der Waals surface area contributed by atoms with E-state index < -0.39 is 0 Å². The van der Waals surface area contributed by atoms with Crippen LogP contribution in [0.1, 0.15) is 49.8 Å². The number of allylic oxidation sites excluding steroid dienone is 1. The lowest BCUT2D eigenvalue weighted by Crippen LogP contribution is -2.25. The molecule has 0 aliphatic carbocycles. The summed E-state index contributed by atoms with van der Waals surface area (Å²) in [4.78, 5) is 0. The number of rotatable bonds is 13. The smallest absolute Gasteiger partial charge is 0.0184 e. The third-order valence-electron chi connectivity index (χ3n) is 4.35. The van der Waals surface area contributed by atoms with Crippen molar-refractivity contribution in [1.82, 2.24) is 10.6 Å². The Labute approximate surface area is 161 Å². The van der Waals surface area contributed by atoms with E-state index >= 15 is 0 Å². The van der Waals surface area contributed by atoms with Crippen LogP contribution in [0.2, 0.25) is 0 Å². The number of benzene rings is 1. The van der Waals surface area contributed by atoms with Gasteiger partial charge in [-0.3, -0.25) is 0 Å². The van der Waals surface area contributed by atoms with Crippen molar-refractivity contribution in [2.75, 3.05) is 26.7 Å². The molecule has 1 rings (SSSR count). The molecule has 0 aromatic heterocycles. The minimum Gasteiger partial charge on any atom is -0.388 e. The van der Waals surface area contributed by atoms with Gasteiger partial charge in [-0.2, -0.15) is 0 Å². The van der Waals surface area contributed by atoms with Gasteiger partial charge in [0, 0.05) is 12.2 Å². The molecule has 1 aromatic carbocycles. The lowest BCUT2D eigenvalue weighted by molar-refractivity contribution is 0.465. The predicted molar refractivity (Wildman–Crippen MR) is 119 cm³/mol. The van der Waals surface area contributed by atoms with E-state index in [1.807, 2.05) is 33.0 Å². The van der Waals surface area contributed by atoms with Crippen molar-refractivity contribution in [3.05, 3.63) is 60.3 Å². The van der Waals surface area contributed by atoms with Gasteiger partial charge >= 0.3 is 0 Å². The molecule has 0 aliphatic heterocycles. The Balaban J connectivity index is 0.00000301. The lowest BCUT2D eigenvalue weighted by atomic mass is 9.96. The molecule has 4 N–H and O–H groups in total. The standard InChI is InChI=1S/C21H33N3.C2H6/c1-5-19-10-9-18(16-20(19)6-2)11-15-24-17(3)21(8-7-13-22)12-14-23-4;1-2/h5-6,9-10,16,21,23-24H,1-3,7-8,11-15,22H2,4H3;1-2H3. The Kier molecular flexibility index (Phi) is 14.3. The summed E-state index contributed by atoms with van der Waals surface area (Å²) in [6.45, 7) is 18.6. The minimum absolute atomic E-state index is 0.480. The van der Waals surface area contributed by atoms with E-state index in [-0.39, 0.29) is 0 Å². The average Bonchev–Trinajstić information content (AvgIpc) is 2.69. The second-order valence-corrected chi connectivity index (χ2v) is 6.09. The fraction of sp³-hybridized carbons (Fsp3) is 0.478. The highest BCUT2D eigenvalue weighted by Crippen LogP contribution is 2.18. The minimum atomic E-state index is 0.480. The van der Waals surface area contributed by atoms with E-state index in [0.29, 0.717) is 5.92 Å². The van der Waals surface area contributed by atoms with E-state index in [1.165, 1.54) is 5.56 Å².